The van der Waals surface area contributed by atoms with Gasteiger partial charge in [0.25, 0.3) is 5.91 Å². The minimum Gasteiger partial charge on any atom is -0.317 e. The Labute approximate surface area is 163 Å². The van der Waals surface area contributed by atoms with Crippen molar-refractivity contribution in [2.45, 2.75) is 6.92 Å². The summed E-state index contributed by atoms with van der Waals surface area (Å²) in [6.45, 7) is 1.59. The Balaban J connectivity index is 2.00. The Hall–Kier alpha value is -3.48. The third kappa shape index (κ3) is 4.03. The van der Waals surface area contributed by atoms with Crippen molar-refractivity contribution in [1.82, 2.24) is 0 Å². The van der Waals surface area contributed by atoms with Gasteiger partial charge in [-0.15, -0.1) is 0 Å². The van der Waals surface area contributed by atoms with Gasteiger partial charge in [0, 0.05) is 5.56 Å². The largest absolute Gasteiger partial charge is 0.317 e. The van der Waals surface area contributed by atoms with E-state index in [1.165, 1.54) is 0 Å². The molecule has 0 aliphatic carbocycles. The molecule has 29 heavy (non-hydrogen) atoms. The van der Waals surface area contributed by atoms with Crippen molar-refractivity contribution in [2.24, 2.45) is 0 Å². The highest BCUT2D eigenvalue weighted by atomic mass is 19.2. The summed E-state index contributed by atoms with van der Waals surface area (Å²) in [5, 5.41) is 1.81. The Kier molecular flexibility index (Phi) is 5.77. The fourth-order valence-electron chi connectivity index (χ4n) is 2.78. The zero-order valence-corrected chi connectivity index (χ0v) is 15.1. The van der Waals surface area contributed by atoms with E-state index in [0.717, 1.165) is 5.56 Å². The molecule has 0 heterocycles. The van der Waals surface area contributed by atoms with E-state index in [-0.39, 0.29) is 5.56 Å². The molecule has 2 nitrogen and oxygen atoms in total. The highest BCUT2D eigenvalue weighted by Gasteiger charge is 2.27. The van der Waals surface area contributed by atoms with Crippen molar-refractivity contribution in [2.75, 3.05) is 5.32 Å². The maximum Gasteiger partial charge on any atom is 0.256 e. The molecule has 0 bridgehead atoms. The predicted octanol–water partition coefficient (Wildman–Crippen LogP) is 6.11. The second-order valence-corrected chi connectivity index (χ2v) is 6.18. The van der Waals surface area contributed by atoms with Crippen LogP contribution in [0.5, 0.6) is 0 Å². The maximum atomic E-state index is 13.9. The molecule has 3 aromatic carbocycles. The lowest BCUT2D eigenvalue weighted by Crippen LogP contribution is -2.19. The van der Waals surface area contributed by atoms with E-state index in [0.29, 0.717) is 11.1 Å². The molecule has 1 amide bonds. The van der Waals surface area contributed by atoms with Crippen LogP contribution in [0.4, 0.5) is 27.6 Å². The molecular weight excluding hydrogens is 389 g/mol. The maximum absolute atomic E-state index is 13.9. The summed E-state index contributed by atoms with van der Waals surface area (Å²) < 4.78 is 67.8. The van der Waals surface area contributed by atoms with Crippen molar-refractivity contribution >= 4 is 23.7 Å². The third-order valence-electron chi connectivity index (χ3n) is 4.24. The molecule has 0 aromatic heterocycles. The first-order chi connectivity index (χ1) is 13.8. The summed E-state index contributed by atoms with van der Waals surface area (Å²) in [6, 6.07) is 14.0. The SMILES string of the molecule is Cc1cccc(/C=C/c2ccccc2)c1C(=O)Nc1c(F)c(F)c(F)c(F)c1F. The van der Waals surface area contributed by atoms with Crippen molar-refractivity contribution < 1.29 is 26.7 Å². The van der Waals surface area contributed by atoms with E-state index in [1.807, 2.05) is 35.6 Å². The molecule has 0 fully saturated rings. The number of anilines is 1. The molecule has 0 saturated carbocycles. The monoisotopic (exact) mass is 403 g/mol. The van der Waals surface area contributed by atoms with Gasteiger partial charge in [-0.05, 0) is 23.6 Å². The number of aryl methyl sites for hydroxylation is 1. The number of rotatable bonds is 4. The summed E-state index contributed by atoms with van der Waals surface area (Å²) >= 11 is 0. The molecule has 0 unspecified atom stereocenters. The van der Waals surface area contributed by atoms with E-state index in [9.17, 15) is 26.7 Å². The number of carbonyl (C=O) groups is 1. The molecule has 0 radical (unpaired) electrons. The quantitative estimate of drug-likeness (QED) is 0.242. The lowest BCUT2D eigenvalue weighted by Gasteiger charge is -2.13. The summed E-state index contributed by atoms with van der Waals surface area (Å²) in [4.78, 5) is 12.7. The van der Waals surface area contributed by atoms with Crippen LogP contribution in [-0.4, -0.2) is 5.91 Å². The van der Waals surface area contributed by atoms with Gasteiger partial charge < -0.3 is 5.32 Å². The molecule has 148 valence electrons. The number of halogens is 5. The summed E-state index contributed by atoms with van der Waals surface area (Å²) in [7, 11) is 0. The van der Waals surface area contributed by atoms with E-state index >= 15 is 0 Å². The van der Waals surface area contributed by atoms with Crippen LogP contribution in [-0.2, 0) is 0 Å². The van der Waals surface area contributed by atoms with Crippen LogP contribution in [0.25, 0.3) is 12.2 Å². The molecule has 1 N–H and O–H groups in total. The van der Waals surface area contributed by atoms with Gasteiger partial charge in [-0.1, -0.05) is 60.7 Å². The van der Waals surface area contributed by atoms with Crippen LogP contribution in [0.1, 0.15) is 27.0 Å². The van der Waals surface area contributed by atoms with Crippen LogP contribution in [0.2, 0.25) is 0 Å². The average molecular weight is 403 g/mol. The van der Waals surface area contributed by atoms with E-state index in [1.54, 1.807) is 37.3 Å². The molecule has 7 heteroatoms. The van der Waals surface area contributed by atoms with E-state index < -0.39 is 40.7 Å². The topological polar surface area (TPSA) is 29.1 Å². The third-order valence-corrected chi connectivity index (χ3v) is 4.24. The first kappa shape index (κ1) is 20.3. The number of carbonyl (C=O) groups excluding carboxylic acids is 1. The number of nitrogens with one attached hydrogen (secondary N) is 1. The van der Waals surface area contributed by atoms with Gasteiger partial charge in [-0.2, -0.15) is 0 Å². The molecular formula is C22H14F5NO. The fourth-order valence-corrected chi connectivity index (χ4v) is 2.78. The lowest BCUT2D eigenvalue weighted by atomic mass is 10.00. The summed E-state index contributed by atoms with van der Waals surface area (Å²) in [6.07, 6.45) is 3.35. The zero-order valence-electron chi connectivity index (χ0n) is 15.1. The summed E-state index contributed by atoms with van der Waals surface area (Å²) in [5.74, 6) is -11.8. The molecule has 0 atom stereocenters. The summed E-state index contributed by atoms with van der Waals surface area (Å²) in [5.41, 5.74) is 0.369. The molecule has 3 rings (SSSR count). The van der Waals surface area contributed by atoms with Gasteiger partial charge in [0.15, 0.2) is 23.3 Å². The van der Waals surface area contributed by atoms with Crippen molar-refractivity contribution in [3.05, 3.63) is 99.9 Å². The van der Waals surface area contributed by atoms with Crippen molar-refractivity contribution in [3.63, 3.8) is 0 Å². The van der Waals surface area contributed by atoms with Crippen LogP contribution < -0.4 is 5.32 Å². The second-order valence-electron chi connectivity index (χ2n) is 6.18. The Bertz CT molecular complexity index is 1080. The first-order valence-corrected chi connectivity index (χ1v) is 8.46. The molecule has 0 saturated heterocycles. The molecule has 0 aliphatic heterocycles. The van der Waals surface area contributed by atoms with Crippen LogP contribution >= 0.6 is 0 Å². The Morgan fingerprint density at radius 3 is 1.97 bits per heavy atom. The second kappa shape index (κ2) is 8.26. The van der Waals surface area contributed by atoms with E-state index in [4.69, 9.17) is 0 Å². The normalized spacial score (nSPS) is 11.1. The predicted molar refractivity (Wildman–Crippen MR) is 101 cm³/mol. The van der Waals surface area contributed by atoms with Crippen LogP contribution in [0.3, 0.4) is 0 Å². The zero-order chi connectivity index (χ0) is 21.1. The van der Waals surface area contributed by atoms with Gasteiger partial charge in [-0.25, -0.2) is 22.0 Å². The van der Waals surface area contributed by atoms with Crippen molar-refractivity contribution in [3.8, 4) is 0 Å². The smallest absolute Gasteiger partial charge is 0.256 e. The highest BCUT2D eigenvalue weighted by Crippen LogP contribution is 2.28. The van der Waals surface area contributed by atoms with Crippen LogP contribution in [0, 0.1) is 36.0 Å². The van der Waals surface area contributed by atoms with Gasteiger partial charge in [0.1, 0.15) is 5.69 Å². The van der Waals surface area contributed by atoms with Gasteiger partial charge in [0.2, 0.25) is 5.82 Å². The Morgan fingerprint density at radius 2 is 1.34 bits per heavy atom. The van der Waals surface area contributed by atoms with Gasteiger partial charge in [0.05, 0.1) is 0 Å². The number of hydrogen-bond donors (Lipinski definition) is 1. The standard InChI is InChI=1S/C22H14F5NO/c1-12-6-5-9-14(11-10-13-7-3-2-4-8-13)15(12)22(29)28-21-19(26)17(24)16(23)18(25)20(21)27/h2-11H,1H3,(H,28,29)/b11-10+. The van der Waals surface area contributed by atoms with Gasteiger partial charge in [-0.3, -0.25) is 4.79 Å². The minimum atomic E-state index is -2.29. The lowest BCUT2D eigenvalue weighted by molar-refractivity contribution is 0.102. The number of hydrogen-bond acceptors (Lipinski definition) is 1. The minimum absolute atomic E-state index is 0.0450. The van der Waals surface area contributed by atoms with Crippen molar-refractivity contribution in [1.29, 1.82) is 0 Å². The fraction of sp³-hybridized carbons (Fsp3) is 0.0455. The van der Waals surface area contributed by atoms with E-state index in [2.05, 4.69) is 0 Å². The van der Waals surface area contributed by atoms with Gasteiger partial charge >= 0.3 is 0 Å². The molecule has 0 spiro atoms. The molecule has 3 aromatic rings. The van der Waals surface area contributed by atoms with Crippen LogP contribution in [0.15, 0.2) is 48.5 Å². The Morgan fingerprint density at radius 1 is 0.759 bits per heavy atom. The highest BCUT2D eigenvalue weighted by molar-refractivity contribution is 6.08. The number of amides is 1. The average Bonchev–Trinajstić information content (AvgIpc) is 2.73. The first-order valence-electron chi connectivity index (χ1n) is 8.46. The number of benzene rings is 3. The molecule has 0 aliphatic rings.